The highest BCUT2D eigenvalue weighted by Crippen LogP contribution is 2.18. The van der Waals surface area contributed by atoms with E-state index in [4.69, 9.17) is 12.2 Å². The zero-order chi connectivity index (χ0) is 14.8. The molecule has 0 aliphatic carbocycles. The van der Waals surface area contributed by atoms with Crippen molar-refractivity contribution in [1.29, 1.82) is 0 Å². The molecule has 108 valence electrons. The Bertz CT molecular complexity index is 767. The summed E-state index contributed by atoms with van der Waals surface area (Å²) >= 11 is 5.33. The van der Waals surface area contributed by atoms with Crippen molar-refractivity contribution in [3.8, 4) is 5.69 Å². The van der Waals surface area contributed by atoms with E-state index in [0.29, 0.717) is 17.2 Å². The molecule has 2 aromatic heterocycles. The molecule has 0 radical (unpaired) electrons. The Labute approximate surface area is 127 Å². The first kappa shape index (κ1) is 13.7. The summed E-state index contributed by atoms with van der Waals surface area (Å²) < 4.78 is 4.20. The van der Waals surface area contributed by atoms with Gasteiger partial charge in [-0.15, -0.1) is 0 Å². The van der Waals surface area contributed by atoms with Gasteiger partial charge in [0.05, 0.1) is 0 Å². The SMILES string of the molecule is CC(C)c1ccc(-n2c(Cn3cncn3)n[nH]c2=S)cc1. The van der Waals surface area contributed by atoms with Crippen molar-refractivity contribution in [3.05, 3.63) is 53.1 Å². The van der Waals surface area contributed by atoms with Crippen LogP contribution in [0.3, 0.4) is 0 Å². The van der Waals surface area contributed by atoms with Gasteiger partial charge < -0.3 is 0 Å². The van der Waals surface area contributed by atoms with Crippen LogP contribution in [0, 0.1) is 4.77 Å². The van der Waals surface area contributed by atoms with Crippen molar-refractivity contribution >= 4 is 12.2 Å². The second-order valence-electron chi connectivity index (χ2n) is 5.12. The number of nitrogens with zero attached hydrogens (tertiary/aromatic N) is 5. The van der Waals surface area contributed by atoms with Crippen LogP contribution in [0.4, 0.5) is 0 Å². The zero-order valence-electron chi connectivity index (χ0n) is 11.9. The zero-order valence-corrected chi connectivity index (χ0v) is 12.7. The van der Waals surface area contributed by atoms with Crippen LogP contribution < -0.4 is 0 Å². The van der Waals surface area contributed by atoms with Gasteiger partial charge in [0.2, 0.25) is 0 Å². The summed E-state index contributed by atoms with van der Waals surface area (Å²) in [6.07, 6.45) is 3.16. The van der Waals surface area contributed by atoms with Crippen LogP contribution in [-0.4, -0.2) is 29.5 Å². The van der Waals surface area contributed by atoms with Crippen LogP contribution in [0.15, 0.2) is 36.9 Å². The number of hydrogen-bond donors (Lipinski definition) is 1. The summed E-state index contributed by atoms with van der Waals surface area (Å²) in [5, 5.41) is 11.2. The van der Waals surface area contributed by atoms with Crippen molar-refractivity contribution in [2.45, 2.75) is 26.3 Å². The highest BCUT2D eigenvalue weighted by molar-refractivity contribution is 7.71. The number of hydrogen-bond acceptors (Lipinski definition) is 4. The molecule has 0 aliphatic rings. The minimum atomic E-state index is 0.506. The predicted octanol–water partition coefficient (Wildman–Crippen LogP) is 2.69. The Morgan fingerprint density at radius 2 is 2.00 bits per heavy atom. The molecule has 7 heteroatoms. The molecule has 1 aromatic carbocycles. The summed E-state index contributed by atoms with van der Waals surface area (Å²) in [5.41, 5.74) is 2.29. The van der Waals surface area contributed by atoms with Gasteiger partial charge in [-0.3, -0.25) is 9.67 Å². The Balaban J connectivity index is 1.98. The van der Waals surface area contributed by atoms with Crippen LogP contribution in [-0.2, 0) is 6.54 Å². The number of aromatic nitrogens is 6. The monoisotopic (exact) mass is 300 g/mol. The van der Waals surface area contributed by atoms with Gasteiger partial charge in [-0.1, -0.05) is 26.0 Å². The van der Waals surface area contributed by atoms with Crippen LogP contribution in [0.5, 0.6) is 0 Å². The minimum Gasteiger partial charge on any atom is -0.271 e. The molecule has 0 unspecified atom stereocenters. The molecule has 0 amide bonds. The third-order valence-corrected chi connectivity index (χ3v) is 3.60. The van der Waals surface area contributed by atoms with Crippen LogP contribution >= 0.6 is 12.2 Å². The highest BCUT2D eigenvalue weighted by Gasteiger charge is 2.10. The molecular formula is C14H16N6S. The summed E-state index contributed by atoms with van der Waals surface area (Å²) in [7, 11) is 0. The predicted molar refractivity (Wildman–Crippen MR) is 82.0 cm³/mol. The van der Waals surface area contributed by atoms with Crippen molar-refractivity contribution in [3.63, 3.8) is 0 Å². The van der Waals surface area contributed by atoms with E-state index in [2.05, 4.69) is 58.4 Å². The number of benzene rings is 1. The van der Waals surface area contributed by atoms with E-state index in [9.17, 15) is 0 Å². The molecule has 0 saturated carbocycles. The Hall–Kier alpha value is -2.28. The number of rotatable bonds is 4. The van der Waals surface area contributed by atoms with E-state index in [1.54, 1.807) is 11.0 Å². The van der Waals surface area contributed by atoms with E-state index in [0.717, 1.165) is 11.5 Å². The third-order valence-electron chi connectivity index (χ3n) is 3.33. The molecule has 2 heterocycles. The Kier molecular flexibility index (Phi) is 3.66. The standard InChI is InChI=1S/C14H16N6S/c1-10(2)11-3-5-12(6-4-11)20-13(17-18-14(20)21)7-19-9-15-8-16-19/h3-6,8-10H,7H2,1-2H3,(H,18,21). The molecule has 1 N–H and O–H groups in total. The second kappa shape index (κ2) is 5.61. The summed E-state index contributed by atoms with van der Waals surface area (Å²) in [5.74, 6) is 1.30. The lowest BCUT2D eigenvalue weighted by Crippen LogP contribution is -2.08. The second-order valence-corrected chi connectivity index (χ2v) is 5.51. The molecule has 3 rings (SSSR count). The van der Waals surface area contributed by atoms with E-state index < -0.39 is 0 Å². The first-order valence-corrected chi connectivity index (χ1v) is 7.15. The lowest BCUT2D eigenvalue weighted by Gasteiger charge is -2.09. The van der Waals surface area contributed by atoms with Crippen molar-refractivity contribution in [2.24, 2.45) is 0 Å². The van der Waals surface area contributed by atoms with Gasteiger partial charge >= 0.3 is 0 Å². The largest absolute Gasteiger partial charge is 0.271 e. The van der Waals surface area contributed by atoms with Gasteiger partial charge in [-0.25, -0.2) is 9.67 Å². The fourth-order valence-electron chi connectivity index (χ4n) is 2.17. The van der Waals surface area contributed by atoms with E-state index >= 15 is 0 Å². The maximum atomic E-state index is 5.33. The van der Waals surface area contributed by atoms with E-state index in [-0.39, 0.29) is 0 Å². The fourth-order valence-corrected chi connectivity index (χ4v) is 2.43. The highest BCUT2D eigenvalue weighted by atomic mass is 32.1. The van der Waals surface area contributed by atoms with E-state index in [1.807, 2.05) is 4.57 Å². The molecular weight excluding hydrogens is 284 g/mol. The smallest absolute Gasteiger partial charge is 0.199 e. The quantitative estimate of drug-likeness (QED) is 0.752. The van der Waals surface area contributed by atoms with Gasteiger partial charge in [-0.05, 0) is 35.8 Å². The third kappa shape index (κ3) is 2.78. The van der Waals surface area contributed by atoms with Gasteiger partial charge in [0.1, 0.15) is 19.2 Å². The van der Waals surface area contributed by atoms with Crippen molar-refractivity contribution < 1.29 is 0 Å². The van der Waals surface area contributed by atoms with Crippen molar-refractivity contribution in [1.82, 2.24) is 29.5 Å². The van der Waals surface area contributed by atoms with Crippen molar-refractivity contribution in [2.75, 3.05) is 0 Å². The molecule has 0 bridgehead atoms. The molecule has 3 aromatic rings. The van der Waals surface area contributed by atoms with Gasteiger partial charge in [0.15, 0.2) is 10.6 Å². The van der Waals surface area contributed by atoms with Crippen LogP contribution in [0.25, 0.3) is 5.69 Å². The molecule has 0 aliphatic heterocycles. The average molecular weight is 300 g/mol. The minimum absolute atomic E-state index is 0.506. The Morgan fingerprint density at radius 1 is 1.24 bits per heavy atom. The van der Waals surface area contributed by atoms with Gasteiger partial charge in [-0.2, -0.15) is 10.2 Å². The maximum Gasteiger partial charge on any atom is 0.199 e. The lowest BCUT2D eigenvalue weighted by atomic mass is 10.0. The average Bonchev–Trinajstić information content (AvgIpc) is 3.10. The maximum absolute atomic E-state index is 5.33. The number of nitrogens with one attached hydrogen (secondary N) is 1. The van der Waals surface area contributed by atoms with Gasteiger partial charge in [0, 0.05) is 5.69 Å². The molecule has 0 fully saturated rings. The first-order valence-electron chi connectivity index (χ1n) is 6.74. The number of H-pyrrole nitrogens is 1. The topological polar surface area (TPSA) is 64.3 Å². The molecule has 0 saturated heterocycles. The lowest BCUT2D eigenvalue weighted by molar-refractivity contribution is 0.642. The molecule has 0 atom stereocenters. The van der Waals surface area contributed by atoms with Gasteiger partial charge in [0.25, 0.3) is 0 Å². The van der Waals surface area contributed by atoms with Crippen LogP contribution in [0.1, 0.15) is 31.2 Å². The molecule has 6 nitrogen and oxygen atoms in total. The van der Waals surface area contributed by atoms with Crippen LogP contribution in [0.2, 0.25) is 0 Å². The Morgan fingerprint density at radius 3 is 2.62 bits per heavy atom. The normalized spacial score (nSPS) is 11.2. The summed E-state index contributed by atoms with van der Waals surface area (Å²) in [6.45, 7) is 4.86. The van der Waals surface area contributed by atoms with E-state index in [1.165, 1.54) is 11.9 Å². The summed E-state index contributed by atoms with van der Waals surface area (Å²) in [4.78, 5) is 3.94. The molecule has 21 heavy (non-hydrogen) atoms. The first-order chi connectivity index (χ1) is 10.1. The summed E-state index contributed by atoms with van der Waals surface area (Å²) in [6, 6.07) is 8.36. The number of aromatic amines is 1. The molecule has 0 spiro atoms. The fraction of sp³-hybridized carbons (Fsp3) is 0.286.